The van der Waals surface area contributed by atoms with Crippen molar-refractivity contribution in [1.29, 1.82) is 0 Å². The van der Waals surface area contributed by atoms with Gasteiger partial charge in [0.2, 0.25) is 0 Å². The number of aliphatic carboxylic acids is 1. The Hall–Kier alpha value is -1.38. The van der Waals surface area contributed by atoms with Gasteiger partial charge in [0.05, 0.1) is 39.0 Å². The Morgan fingerprint density at radius 3 is 2.33 bits per heavy atom. The molecular weight excluding hydrogens is 282 g/mol. The van der Waals surface area contributed by atoms with Gasteiger partial charge in [-0.1, -0.05) is 0 Å². The Kier molecular flexibility index (Phi) is 9.68. The van der Waals surface area contributed by atoms with Gasteiger partial charge in [0.25, 0.3) is 0 Å². The fourth-order valence-electron chi connectivity index (χ4n) is 1.17. The van der Waals surface area contributed by atoms with Crippen LogP contribution < -0.4 is 5.32 Å². The number of ether oxygens (including phenoxy) is 3. The maximum atomic E-state index is 11.3. The molecule has 0 spiro atoms. The van der Waals surface area contributed by atoms with Crippen molar-refractivity contribution in [2.45, 2.75) is 38.9 Å². The fraction of sp³-hybridized carbons (Fsp3) is 0.846. The lowest BCUT2D eigenvalue weighted by Gasteiger charge is -2.20. The number of carboxylic acids is 1. The molecule has 8 nitrogen and oxygen atoms in total. The van der Waals surface area contributed by atoms with Crippen LogP contribution in [0.15, 0.2) is 0 Å². The molecule has 0 bridgehead atoms. The lowest BCUT2D eigenvalue weighted by molar-refractivity contribution is -0.138. The molecule has 1 atom stereocenters. The van der Waals surface area contributed by atoms with Crippen LogP contribution >= 0.6 is 0 Å². The van der Waals surface area contributed by atoms with Crippen molar-refractivity contribution in [2.75, 3.05) is 33.0 Å². The quantitative estimate of drug-likeness (QED) is 0.500. The largest absolute Gasteiger partial charge is 0.481 e. The fourth-order valence-corrected chi connectivity index (χ4v) is 1.17. The molecule has 8 heteroatoms. The van der Waals surface area contributed by atoms with Crippen LogP contribution in [0.2, 0.25) is 0 Å². The summed E-state index contributed by atoms with van der Waals surface area (Å²) in [7, 11) is 0. The standard InChI is InChI=1S/C13H25NO7/c1-13(2,3)21-12(18)14-8-10(15)9-20-7-6-19-5-4-11(16)17/h10,15H,4-9H2,1-3H3,(H,14,18)(H,16,17). The maximum Gasteiger partial charge on any atom is 0.407 e. The molecule has 0 fully saturated rings. The van der Waals surface area contributed by atoms with E-state index in [0.29, 0.717) is 0 Å². The summed E-state index contributed by atoms with van der Waals surface area (Å²) < 4.78 is 15.1. The molecule has 0 aliphatic heterocycles. The summed E-state index contributed by atoms with van der Waals surface area (Å²) in [5.41, 5.74) is -0.584. The number of carboxylic acid groups (broad SMARTS) is 1. The summed E-state index contributed by atoms with van der Waals surface area (Å²) in [4.78, 5) is 21.5. The second kappa shape index (κ2) is 10.4. The van der Waals surface area contributed by atoms with Gasteiger partial charge in [-0.2, -0.15) is 0 Å². The van der Waals surface area contributed by atoms with Crippen molar-refractivity contribution in [1.82, 2.24) is 5.32 Å². The minimum atomic E-state index is -0.917. The molecule has 1 amide bonds. The second-order valence-electron chi connectivity index (χ2n) is 5.37. The normalized spacial score (nSPS) is 12.8. The number of amides is 1. The maximum absolute atomic E-state index is 11.3. The number of carbonyl (C=O) groups excluding carboxylic acids is 1. The van der Waals surface area contributed by atoms with Crippen LogP contribution in [0, 0.1) is 0 Å². The number of aliphatic hydroxyl groups is 1. The third-order valence-corrected chi connectivity index (χ3v) is 2.02. The molecule has 0 aromatic heterocycles. The minimum absolute atomic E-state index is 0.0226. The molecule has 0 aromatic carbocycles. The first-order valence-corrected chi connectivity index (χ1v) is 6.73. The van der Waals surface area contributed by atoms with Crippen molar-refractivity contribution >= 4 is 12.1 Å². The van der Waals surface area contributed by atoms with Gasteiger partial charge in [-0.05, 0) is 20.8 Å². The van der Waals surface area contributed by atoms with Gasteiger partial charge < -0.3 is 29.7 Å². The molecule has 0 saturated heterocycles. The van der Waals surface area contributed by atoms with Gasteiger partial charge in [0.15, 0.2) is 0 Å². The molecule has 0 aromatic rings. The van der Waals surface area contributed by atoms with Crippen molar-refractivity contribution < 1.29 is 34.0 Å². The van der Waals surface area contributed by atoms with E-state index in [1.54, 1.807) is 20.8 Å². The van der Waals surface area contributed by atoms with E-state index in [1.165, 1.54) is 0 Å². The highest BCUT2D eigenvalue weighted by Gasteiger charge is 2.16. The van der Waals surface area contributed by atoms with Crippen molar-refractivity contribution in [3.8, 4) is 0 Å². The van der Waals surface area contributed by atoms with Gasteiger partial charge >= 0.3 is 12.1 Å². The summed E-state index contributed by atoms with van der Waals surface area (Å²) in [6.45, 7) is 5.92. The first-order valence-electron chi connectivity index (χ1n) is 6.73. The van der Waals surface area contributed by atoms with E-state index in [9.17, 15) is 14.7 Å². The lowest BCUT2D eigenvalue weighted by atomic mass is 10.2. The number of aliphatic hydroxyl groups excluding tert-OH is 1. The third-order valence-electron chi connectivity index (χ3n) is 2.02. The first-order chi connectivity index (χ1) is 9.70. The Morgan fingerprint density at radius 2 is 1.76 bits per heavy atom. The van der Waals surface area contributed by atoms with Crippen LogP contribution in [-0.2, 0) is 19.0 Å². The van der Waals surface area contributed by atoms with Crippen LogP contribution in [0.1, 0.15) is 27.2 Å². The molecular formula is C13H25NO7. The summed E-state index contributed by atoms with van der Waals surface area (Å²) >= 11 is 0. The Bertz CT molecular complexity index is 314. The van der Waals surface area contributed by atoms with Crippen molar-refractivity contribution in [2.24, 2.45) is 0 Å². The number of alkyl carbamates (subject to hydrolysis) is 1. The molecule has 0 radical (unpaired) electrons. The predicted octanol–water partition coefficient (Wildman–Crippen LogP) is 0.380. The zero-order valence-electron chi connectivity index (χ0n) is 12.8. The van der Waals surface area contributed by atoms with E-state index >= 15 is 0 Å². The number of nitrogens with one attached hydrogen (secondary N) is 1. The molecule has 3 N–H and O–H groups in total. The Balaban J connectivity index is 3.48. The Morgan fingerprint density at radius 1 is 1.14 bits per heavy atom. The topological polar surface area (TPSA) is 114 Å². The Labute approximate surface area is 124 Å². The van der Waals surface area contributed by atoms with Gasteiger partial charge in [0.1, 0.15) is 5.60 Å². The molecule has 124 valence electrons. The van der Waals surface area contributed by atoms with E-state index in [-0.39, 0.29) is 39.4 Å². The van der Waals surface area contributed by atoms with Crippen LogP contribution in [0.4, 0.5) is 4.79 Å². The van der Waals surface area contributed by atoms with Crippen molar-refractivity contribution in [3.63, 3.8) is 0 Å². The van der Waals surface area contributed by atoms with E-state index in [2.05, 4.69) is 5.32 Å². The number of carbonyl (C=O) groups is 2. The van der Waals surface area contributed by atoms with Crippen molar-refractivity contribution in [3.05, 3.63) is 0 Å². The van der Waals surface area contributed by atoms with Crippen LogP contribution in [0.3, 0.4) is 0 Å². The average Bonchev–Trinajstić information content (AvgIpc) is 2.32. The zero-order valence-corrected chi connectivity index (χ0v) is 12.8. The smallest absolute Gasteiger partial charge is 0.407 e. The molecule has 0 heterocycles. The van der Waals surface area contributed by atoms with E-state index in [0.717, 1.165) is 0 Å². The summed E-state index contributed by atoms with van der Waals surface area (Å²) in [6.07, 6.45) is -1.50. The van der Waals surface area contributed by atoms with Gasteiger partial charge in [0, 0.05) is 6.54 Å². The van der Waals surface area contributed by atoms with E-state index in [1.807, 2.05) is 0 Å². The molecule has 0 aliphatic carbocycles. The lowest BCUT2D eigenvalue weighted by Crippen LogP contribution is -2.38. The number of rotatable bonds is 10. The summed E-state index contributed by atoms with van der Waals surface area (Å²) in [6, 6.07) is 0. The molecule has 0 rings (SSSR count). The van der Waals surface area contributed by atoms with Gasteiger partial charge in [-0.3, -0.25) is 4.79 Å². The molecule has 21 heavy (non-hydrogen) atoms. The van der Waals surface area contributed by atoms with Crippen LogP contribution in [0.5, 0.6) is 0 Å². The summed E-state index contributed by atoms with van der Waals surface area (Å²) in [5.74, 6) is -0.917. The molecule has 1 unspecified atom stereocenters. The van der Waals surface area contributed by atoms with Gasteiger partial charge in [-0.25, -0.2) is 4.79 Å². The highest BCUT2D eigenvalue weighted by Crippen LogP contribution is 2.06. The first kappa shape index (κ1) is 19.6. The molecule has 0 aliphatic rings. The summed E-state index contributed by atoms with van der Waals surface area (Å²) in [5, 5.41) is 20.4. The monoisotopic (exact) mass is 307 g/mol. The van der Waals surface area contributed by atoms with Crippen LogP contribution in [0.25, 0.3) is 0 Å². The van der Waals surface area contributed by atoms with E-state index < -0.39 is 23.8 Å². The van der Waals surface area contributed by atoms with E-state index in [4.69, 9.17) is 19.3 Å². The number of hydrogen-bond donors (Lipinski definition) is 3. The SMILES string of the molecule is CC(C)(C)OC(=O)NCC(O)COCCOCCC(=O)O. The zero-order chi connectivity index (χ0) is 16.3. The highest BCUT2D eigenvalue weighted by atomic mass is 16.6. The van der Waals surface area contributed by atoms with Crippen LogP contribution in [-0.4, -0.2) is 67.0 Å². The number of hydrogen-bond acceptors (Lipinski definition) is 6. The third kappa shape index (κ3) is 14.8. The average molecular weight is 307 g/mol. The molecule has 0 saturated carbocycles. The second-order valence-corrected chi connectivity index (χ2v) is 5.37. The van der Waals surface area contributed by atoms with Gasteiger partial charge in [-0.15, -0.1) is 0 Å². The predicted molar refractivity (Wildman–Crippen MR) is 74.1 cm³/mol. The highest BCUT2D eigenvalue weighted by molar-refractivity contribution is 5.67. The minimum Gasteiger partial charge on any atom is -0.481 e.